The number of hydrogen-bond acceptors (Lipinski definition) is 7. The maximum absolute atomic E-state index is 12.6. The number of thioether (sulfide) groups is 1. The van der Waals surface area contributed by atoms with Gasteiger partial charge in [-0.05, 0) is 69.5 Å². The van der Waals surface area contributed by atoms with Crippen LogP contribution in [0, 0.1) is 0 Å². The zero-order chi connectivity index (χ0) is 25.6. The normalized spacial score (nSPS) is 18.1. The Kier molecular flexibility index (Phi) is 7.91. The van der Waals surface area contributed by atoms with E-state index in [0.29, 0.717) is 18.9 Å². The predicted octanol–water partition coefficient (Wildman–Crippen LogP) is 6.05. The molecule has 36 heavy (non-hydrogen) atoms. The van der Waals surface area contributed by atoms with Gasteiger partial charge < -0.3 is 14.1 Å². The van der Waals surface area contributed by atoms with Crippen LogP contribution in [-0.2, 0) is 9.16 Å². The highest BCUT2D eigenvalue weighted by molar-refractivity contribution is 8.01. The van der Waals surface area contributed by atoms with E-state index in [-0.39, 0.29) is 23.3 Å². The number of nitrogens with zero attached hydrogens (tertiary/aromatic N) is 2. The van der Waals surface area contributed by atoms with Gasteiger partial charge in [0.1, 0.15) is 11.4 Å². The lowest BCUT2D eigenvalue weighted by Crippen LogP contribution is -2.46. The fraction of sp³-hybridized carbons (Fsp3) is 0.577. The van der Waals surface area contributed by atoms with Crippen LogP contribution in [-0.4, -0.2) is 53.6 Å². The topological polar surface area (TPSA) is 97.7 Å². The van der Waals surface area contributed by atoms with Crippen LogP contribution in [0.1, 0.15) is 67.4 Å². The molecule has 2 aromatic rings. The zero-order valence-electron chi connectivity index (χ0n) is 21.6. The molecule has 2 aliphatic heterocycles. The fourth-order valence-corrected chi connectivity index (χ4v) is 6.31. The smallest absolute Gasteiger partial charge is 0.439 e. The standard InChI is InChI=1S/C25H35N3O5SSi.CH4/c1-23(2,3)31-22(30)28-12-10-25(11-13-28)15-18(33-35(7)24(4,5)6)17-14-16(8-9-19(17)34-25)20-26-21(29)32-27-20;/h8-9,14-15,35H,10-13H2,1-7H3,(H,26,27,29);1H4. The van der Waals surface area contributed by atoms with Gasteiger partial charge in [0, 0.05) is 33.9 Å². The molecule has 198 valence electrons. The van der Waals surface area contributed by atoms with E-state index in [9.17, 15) is 9.59 Å². The number of ether oxygens (including phenoxy) is 1. The number of carbonyl (C=O) groups is 1. The van der Waals surface area contributed by atoms with E-state index in [1.54, 1.807) is 4.90 Å². The molecular formula is C26H39N3O5SSi. The molecule has 1 aromatic heterocycles. The number of likely N-dealkylation sites (tertiary alicyclic amines) is 1. The Hall–Kier alpha value is -2.46. The molecule has 0 radical (unpaired) electrons. The number of nitrogens with one attached hydrogen (secondary N) is 1. The molecule has 1 N–H and O–H groups in total. The van der Waals surface area contributed by atoms with Crippen molar-refractivity contribution < 1.29 is 18.5 Å². The van der Waals surface area contributed by atoms with Crippen LogP contribution in [0.4, 0.5) is 4.79 Å². The van der Waals surface area contributed by atoms with Crippen LogP contribution in [0.15, 0.2) is 38.5 Å². The number of rotatable bonds is 3. The summed E-state index contributed by atoms with van der Waals surface area (Å²) in [6, 6.07) is 6.01. The van der Waals surface area contributed by atoms with Crippen molar-refractivity contribution in [1.29, 1.82) is 0 Å². The Morgan fingerprint density at radius 3 is 2.42 bits per heavy atom. The largest absolute Gasteiger partial charge is 0.546 e. The van der Waals surface area contributed by atoms with Gasteiger partial charge in [-0.3, -0.25) is 9.51 Å². The molecule has 4 rings (SSSR count). The minimum Gasteiger partial charge on any atom is -0.546 e. The zero-order valence-corrected chi connectivity index (χ0v) is 23.5. The van der Waals surface area contributed by atoms with Crippen molar-refractivity contribution in [2.75, 3.05) is 13.1 Å². The van der Waals surface area contributed by atoms with E-state index in [1.807, 2.05) is 44.7 Å². The summed E-state index contributed by atoms with van der Waals surface area (Å²) >= 11 is 1.82. The highest BCUT2D eigenvalue weighted by Crippen LogP contribution is 2.51. The van der Waals surface area contributed by atoms with Crippen LogP contribution in [0.25, 0.3) is 17.1 Å². The Balaban J connectivity index is 0.00000361. The summed E-state index contributed by atoms with van der Waals surface area (Å²) in [4.78, 5) is 29.6. The molecule has 1 unspecified atom stereocenters. The Morgan fingerprint density at radius 2 is 1.86 bits per heavy atom. The first kappa shape index (κ1) is 28.1. The highest BCUT2D eigenvalue weighted by Gasteiger charge is 2.41. The third-order valence-corrected chi connectivity index (χ3v) is 11.0. The van der Waals surface area contributed by atoms with Crippen molar-refractivity contribution in [3.63, 3.8) is 0 Å². The van der Waals surface area contributed by atoms with Gasteiger partial charge >= 0.3 is 11.8 Å². The molecule has 10 heteroatoms. The second kappa shape index (κ2) is 10.1. The first-order valence-corrected chi connectivity index (χ1v) is 15.0. The number of benzene rings is 1. The van der Waals surface area contributed by atoms with Crippen LogP contribution in [0.3, 0.4) is 0 Å². The van der Waals surface area contributed by atoms with Crippen LogP contribution in [0.5, 0.6) is 0 Å². The van der Waals surface area contributed by atoms with Gasteiger partial charge in [0.25, 0.3) is 0 Å². The lowest BCUT2D eigenvalue weighted by molar-refractivity contribution is 0.0207. The molecule has 1 atom stereocenters. The highest BCUT2D eigenvalue weighted by atomic mass is 32.2. The monoisotopic (exact) mass is 533 g/mol. The molecule has 1 aromatic carbocycles. The number of amides is 1. The number of piperidine rings is 1. The Labute approximate surface area is 219 Å². The molecule has 2 aliphatic rings. The Morgan fingerprint density at radius 1 is 1.19 bits per heavy atom. The van der Waals surface area contributed by atoms with E-state index in [2.05, 4.69) is 49.6 Å². The first-order valence-electron chi connectivity index (χ1n) is 12.0. The second-order valence-electron chi connectivity index (χ2n) is 11.4. The predicted molar refractivity (Wildman–Crippen MR) is 147 cm³/mol. The molecular weight excluding hydrogens is 494 g/mol. The average molecular weight is 534 g/mol. The summed E-state index contributed by atoms with van der Waals surface area (Å²) in [6.07, 6.45) is 3.63. The van der Waals surface area contributed by atoms with E-state index < -0.39 is 20.4 Å². The molecule has 1 amide bonds. The fourth-order valence-electron chi connectivity index (χ4n) is 3.98. The summed E-state index contributed by atoms with van der Waals surface area (Å²) in [5.74, 6) is 0.698. The minimum absolute atomic E-state index is 0. The van der Waals surface area contributed by atoms with E-state index >= 15 is 0 Å². The molecule has 8 nitrogen and oxygen atoms in total. The molecule has 1 fully saturated rings. The van der Waals surface area contributed by atoms with Gasteiger partial charge in [-0.15, -0.1) is 11.8 Å². The summed E-state index contributed by atoms with van der Waals surface area (Å²) < 4.78 is 16.8. The van der Waals surface area contributed by atoms with Gasteiger partial charge in [-0.2, -0.15) is 0 Å². The van der Waals surface area contributed by atoms with Gasteiger partial charge in [0.2, 0.25) is 9.04 Å². The lowest BCUT2D eigenvalue weighted by Gasteiger charge is -2.43. The van der Waals surface area contributed by atoms with Gasteiger partial charge in [-0.25, -0.2) is 9.59 Å². The molecule has 0 aliphatic carbocycles. The van der Waals surface area contributed by atoms with E-state index in [1.165, 1.54) is 0 Å². The van der Waals surface area contributed by atoms with Crippen molar-refractivity contribution in [3.05, 3.63) is 40.4 Å². The second-order valence-corrected chi connectivity index (χ2v) is 16.1. The summed E-state index contributed by atoms with van der Waals surface area (Å²) in [5.41, 5.74) is 1.26. The molecule has 1 saturated heterocycles. The summed E-state index contributed by atoms with van der Waals surface area (Å²) in [7, 11) is -1.59. The first-order chi connectivity index (χ1) is 16.2. The lowest BCUT2D eigenvalue weighted by atomic mass is 9.93. The minimum atomic E-state index is -1.59. The third kappa shape index (κ3) is 6.26. The van der Waals surface area contributed by atoms with Crippen molar-refractivity contribution in [2.24, 2.45) is 0 Å². The summed E-state index contributed by atoms with van der Waals surface area (Å²) in [6.45, 7) is 15.8. The number of aromatic nitrogens is 2. The van der Waals surface area contributed by atoms with Crippen molar-refractivity contribution in [1.82, 2.24) is 15.0 Å². The van der Waals surface area contributed by atoms with E-state index in [0.717, 1.165) is 34.6 Å². The third-order valence-electron chi connectivity index (χ3n) is 6.45. The SMILES string of the molecule is C.C[SiH](OC1=CC2(CCN(C(=O)OC(C)(C)C)CC2)Sc2ccc(-c3noc(=O)[nH]3)cc21)C(C)(C)C. The number of H-pyrrole nitrogens is 1. The van der Waals surface area contributed by atoms with Crippen LogP contribution >= 0.6 is 11.8 Å². The summed E-state index contributed by atoms with van der Waals surface area (Å²) in [5, 5.41) is 3.93. The molecule has 3 heterocycles. The number of aromatic amines is 1. The number of fused-ring (bicyclic) bond motifs is 1. The quantitative estimate of drug-likeness (QED) is 0.479. The van der Waals surface area contributed by atoms with Gasteiger partial charge in [0.05, 0.1) is 0 Å². The molecule has 1 spiro atoms. The van der Waals surface area contributed by atoms with Crippen LogP contribution in [0.2, 0.25) is 11.6 Å². The average Bonchev–Trinajstić information content (AvgIpc) is 3.18. The maximum Gasteiger partial charge on any atom is 0.439 e. The molecule has 0 bridgehead atoms. The number of carbonyl (C=O) groups excluding carboxylic acids is 1. The van der Waals surface area contributed by atoms with Gasteiger partial charge in [0.15, 0.2) is 5.82 Å². The van der Waals surface area contributed by atoms with Crippen molar-refractivity contribution in [2.45, 2.75) is 88.6 Å². The van der Waals surface area contributed by atoms with Gasteiger partial charge in [-0.1, -0.05) is 33.4 Å². The maximum atomic E-state index is 12.6. The van der Waals surface area contributed by atoms with Crippen LogP contribution < -0.4 is 5.76 Å². The van der Waals surface area contributed by atoms with E-state index in [4.69, 9.17) is 13.7 Å². The van der Waals surface area contributed by atoms with Crippen molar-refractivity contribution >= 4 is 32.7 Å². The molecule has 0 saturated carbocycles. The van der Waals surface area contributed by atoms with Crippen molar-refractivity contribution in [3.8, 4) is 11.4 Å². The number of hydrogen-bond donors (Lipinski definition) is 1. The Bertz CT molecular complexity index is 1180.